The van der Waals surface area contributed by atoms with E-state index in [4.69, 9.17) is 4.74 Å². The Kier molecular flexibility index (Phi) is 6.07. The first kappa shape index (κ1) is 18.2. The normalized spacial score (nSPS) is 16.2. The van der Waals surface area contributed by atoms with E-state index in [1.165, 1.54) is 17.7 Å². The van der Waals surface area contributed by atoms with Crippen molar-refractivity contribution in [3.63, 3.8) is 0 Å². The minimum Gasteiger partial charge on any atom is -0.502 e. The van der Waals surface area contributed by atoms with E-state index in [0.717, 1.165) is 38.8 Å². The van der Waals surface area contributed by atoms with Gasteiger partial charge in [0.05, 0.1) is 4.92 Å². The van der Waals surface area contributed by atoms with Crippen LogP contribution in [-0.2, 0) is 6.42 Å². The van der Waals surface area contributed by atoms with Crippen LogP contribution in [0.25, 0.3) is 0 Å². The Morgan fingerprint density at radius 1 is 1.19 bits per heavy atom. The van der Waals surface area contributed by atoms with E-state index in [0.29, 0.717) is 11.7 Å². The molecule has 138 valence electrons. The number of aromatic hydroxyl groups is 1. The summed E-state index contributed by atoms with van der Waals surface area (Å²) < 4.78 is 6.18. The summed E-state index contributed by atoms with van der Waals surface area (Å²) in [7, 11) is 0. The Morgan fingerprint density at radius 2 is 1.92 bits per heavy atom. The maximum atomic E-state index is 10.9. The molecule has 1 fully saturated rings. The molecule has 1 unspecified atom stereocenters. The number of hydrogen-bond donors (Lipinski definition) is 2. The summed E-state index contributed by atoms with van der Waals surface area (Å²) in [5, 5.41) is 24.1. The number of benzene rings is 2. The molecular weight excluding hydrogens is 332 g/mol. The molecule has 0 amide bonds. The van der Waals surface area contributed by atoms with Crippen molar-refractivity contribution >= 4 is 5.69 Å². The number of piperidine rings is 1. The summed E-state index contributed by atoms with van der Waals surface area (Å²) in [5.41, 5.74) is 0.960. The van der Waals surface area contributed by atoms with Gasteiger partial charge in [0.2, 0.25) is 0 Å². The molecule has 0 aliphatic carbocycles. The van der Waals surface area contributed by atoms with Crippen molar-refractivity contribution in [2.45, 2.75) is 31.8 Å². The lowest BCUT2D eigenvalue weighted by atomic mass is 9.88. The van der Waals surface area contributed by atoms with Crippen LogP contribution in [0.2, 0.25) is 0 Å². The standard InChI is InChI=1S/C20H24N2O4/c23-19-14-17(7-8-18(19)22(24)25)26-20(16-10-12-21-13-11-16)9-6-15-4-2-1-3-5-15/h1-5,7-8,14,16,20-21,23H,6,9-13H2. The molecule has 1 aliphatic heterocycles. The number of phenols is 1. The van der Waals surface area contributed by atoms with Crippen molar-refractivity contribution in [3.8, 4) is 11.5 Å². The van der Waals surface area contributed by atoms with Crippen LogP contribution in [-0.4, -0.2) is 29.2 Å². The van der Waals surface area contributed by atoms with Crippen LogP contribution in [0.4, 0.5) is 5.69 Å². The molecule has 0 spiro atoms. The van der Waals surface area contributed by atoms with E-state index in [2.05, 4.69) is 17.4 Å². The number of nitro groups is 1. The summed E-state index contributed by atoms with van der Waals surface area (Å²) in [6.07, 6.45) is 3.87. The van der Waals surface area contributed by atoms with Gasteiger partial charge >= 0.3 is 5.69 Å². The number of nitrogens with zero attached hydrogens (tertiary/aromatic N) is 1. The zero-order valence-electron chi connectivity index (χ0n) is 14.6. The maximum Gasteiger partial charge on any atom is 0.310 e. The molecule has 0 bridgehead atoms. The van der Waals surface area contributed by atoms with Gasteiger partial charge in [0.25, 0.3) is 0 Å². The van der Waals surface area contributed by atoms with Crippen LogP contribution in [0.15, 0.2) is 48.5 Å². The Hall–Kier alpha value is -2.60. The average Bonchev–Trinajstić information content (AvgIpc) is 2.66. The Morgan fingerprint density at radius 3 is 2.58 bits per heavy atom. The molecule has 1 heterocycles. The van der Waals surface area contributed by atoms with Gasteiger partial charge in [0, 0.05) is 12.1 Å². The SMILES string of the molecule is O=[N+]([O-])c1ccc(OC(CCc2ccccc2)C2CCNCC2)cc1O. The zero-order valence-corrected chi connectivity index (χ0v) is 14.6. The molecule has 2 aromatic carbocycles. The van der Waals surface area contributed by atoms with Crippen LogP contribution in [0, 0.1) is 16.0 Å². The number of aryl methyl sites for hydroxylation is 1. The average molecular weight is 356 g/mol. The second-order valence-corrected chi connectivity index (χ2v) is 6.68. The van der Waals surface area contributed by atoms with Gasteiger partial charge in [-0.25, -0.2) is 0 Å². The maximum absolute atomic E-state index is 10.9. The highest BCUT2D eigenvalue weighted by Gasteiger charge is 2.26. The summed E-state index contributed by atoms with van der Waals surface area (Å²) in [6, 6.07) is 14.5. The van der Waals surface area contributed by atoms with Crippen LogP contribution >= 0.6 is 0 Å². The number of phenolic OH excluding ortho intramolecular Hbond substituents is 1. The number of nitro benzene ring substituents is 1. The third kappa shape index (κ3) is 4.73. The second kappa shape index (κ2) is 8.67. The number of rotatable bonds is 7. The summed E-state index contributed by atoms with van der Waals surface area (Å²) in [5.74, 6) is 0.543. The van der Waals surface area contributed by atoms with Crippen molar-refractivity contribution in [2.75, 3.05) is 13.1 Å². The molecule has 6 heteroatoms. The van der Waals surface area contributed by atoms with Crippen molar-refractivity contribution in [3.05, 3.63) is 64.2 Å². The fraction of sp³-hybridized carbons (Fsp3) is 0.400. The van der Waals surface area contributed by atoms with E-state index in [9.17, 15) is 15.2 Å². The van der Waals surface area contributed by atoms with E-state index in [1.807, 2.05) is 18.2 Å². The predicted molar refractivity (Wildman–Crippen MR) is 99.5 cm³/mol. The van der Waals surface area contributed by atoms with Crippen LogP contribution < -0.4 is 10.1 Å². The Balaban J connectivity index is 1.72. The molecule has 1 saturated heterocycles. The topological polar surface area (TPSA) is 84.6 Å². The summed E-state index contributed by atoms with van der Waals surface area (Å²) >= 11 is 0. The van der Waals surface area contributed by atoms with Crippen molar-refractivity contribution in [1.82, 2.24) is 5.32 Å². The highest BCUT2D eigenvalue weighted by Crippen LogP contribution is 2.32. The number of nitrogens with one attached hydrogen (secondary N) is 1. The minimum absolute atomic E-state index is 0.0122. The summed E-state index contributed by atoms with van der Waals surface area (Å²) in [6.45, 7) is 1.95. The Bertz CT molecular complexity index is 730. The smallest absolute Gasteiger partial charge is 0.310 e. The third-order valence-electron chi connectivity index (χ3n) is 4.90. The molecule has 26 heavy (non-hydrogen) atoms. The van der Waals surface area contributed by atoms with Crippen molar-refractivity contribution in [1.29, 1.82) is 0 Å². The van der Waals surface area contributed by atoms with Crippen molar-refractivity contribution < 1.29 is 14.8 Å². The summed E-state index contributed by atoms with van der Waals surface area (Å²) in [4.78, 5) is 10.3. The minimum atomic E-state index is -0.598. The lowest BCUT2D eigenvalue weighted by Crippen LogP contribution is -2.37. The van der Waals surface area contributed by atoms with E-state index < -0.39 is 4.92 Å². The molecule has 6 nitrogen and oxygen atoms in total. The first-order valence-electron chi connectivity index (χ1n) is 9.02. The first-order chi connectivity index (χ1) is 12.6. The fourth-order valence-corrected chi connectivity index (χ4v) is 3.47. The molecule has 2 N–H and O–H groups in total. The van der Waals surface area contributed by atoms with Gasteiger partial charge in [0.1, 0.15) is 11.9 Å². The highest BCUT2D eigenvalue weighted by molar-refractivity contribution is 5.49. The molecule has 0 saturated carbocycles. The molecule has 1 aliphatic rings. The monoisotopic (exact) mass is 356 g/mol. The van der Waals surface area contributed by atoms with Crippen LogP contribution in [0.1, 0.15) is 24.8 Å². The highest BCUT2D eigenvalue weighted by atomic mass is 16.6. The molecular formula is C20H24N2O4. The lowest BCUT2D eigenvalue weighted by Gasteiger charge is -2.31. The fourth-order valence-electron chi connectivity index (χ4n) is 3.47. The largest absolute Gasteiger partial charge is 0.502 e. The first-order valence-corrected chi connectivity index (χ1v) is 9.02. The van der Waals surface area contributed by atoms with E-state index >= 15 is 0 Å². The second-order valence-electron chi connectivity index (χ2n) is 6.68. The van der Waals surface area contributed by atoms with Gasteiger partial charge in [-0.05, 0) is 56.3 Å². The van der Waals surface area contributed by atoms with Crippen LogP contribution in [0.5, 0.6) is 11.5 Å². The van der Waals surface area contributed by atoms with Gasteiger partial charge in [-0.15, -0.1) is 0 Å². The number of ether oxygens (including phenoxy) is 1. The third-order valence-corrected chi connectivity index (χ3v) is 4.90. The quantitative estimate of drug-likeness (QED) is 0.584. The number of hydrogen-bond acceptors (Lipinski definition) is 5. The van der Waals surface area contributed by atoms with Crippen LogP contribution in [0.3, 0.4) is 0 Å². The molecule has 1 atom stereocenters. The zero-order chi connectivity index (χ0) is 18.4. The molecule has 0 aromatic heterocycles. The van der Waals surface area contributed by atoms with Gasteiger partial charge in [-0.2, -0.15) is 0 Å². The lowest BCUT2D eigenvalue weighted by molar-refractivity contribution is -0.385. The Labute approximate surface area is 153 Å². The van der Waals surface area contributed by atoms with Gasteiger partial charge in [-0.3, -0.25) is 10.1 Å². The van der Waals surface area contributed by atoms with E-state index in [-0.39, 0.29) is 17.5 Å². The van der Waals surface area contributed by atoms with Crippen molar-refractivity contribution in [2.24, 2.45) is 5.92 Å². The van der Waals surface area contributed by atoms with Gasteiger partial charge in [0.15, 0.2) is 5.75 Å². The van der Waals surface area contributed by atoms with Gasteiger partial charge < -0.3 is 15.2 Å². The molecule has 2 aromatic rings. The molecule has 3 rings (SSSR count). The van der Waals surface area contributed by atoms with Gasteiger partial charge in [-0.1, -0.05) is 30.3 Å². The van der Waals surface area contributed by atoms with E-state index in [1.54, 1.807) is 6.07 Å². The molecule has 0 radical (unpaired) electrons. The predicted octanol–water partition coefficient (Wildman–Crippen LogP) is 3.68.